The minimum absolute atomic E-state index is 0.00756. The van der Waals surface area contributed by atoms with Crippen molar-refractivity contribution in [2.75, 3.05) is 0 Å². The molecule has 9 heteroatoms. The molecule has 8 nitrogen and oxygen atoms in total. The average molecular weight is 529 g/mol. The molecule has 4 aliphatic carbocycles. The predicted octanol–water partition coefficient (Wildman–Crippen LogP) is 4.03. The Bertz CT molecular complexity index is 963. The molecule has 3 saturated carbocycles. The summed E-state index contributed by atoms with van der Waals surface area (Å²) in [6, 6.07) is 0. The van der Waals surface area contributed by atoms with Crippen LogP contribution in [0.3, 0.4) is 0 Å². The first kappa shape index (κ1) is 28.4. The van der Waals surface area contributed by atoms with Gasteiger partial charge in [-0.25, -0.2) is 4.57 Å². The minimum atomic E-state index is -4.63. The van der Waals surface area contributed by atoms with Crippen LogP contribution in [0, 0.1) is 28.6 Å². The third-order valence-electron chi connectivity index (χ3n) is 10.6. The first-order chi connectivity index (χ1) is 16.3. The molecule has 36 heavy (non-hydrogen) atoms. The van der Waals surface area contributed by atoms with Crippen LogP contribution in [0.25, 0.3) is 0 Å². The number of ketones is 1. The van der Waals surface area contributed by atoms with Crippen LogP contribution in [0.2, 0.25) is 0 Å². The summed E-state index contributed by atoms with van der Waals surface area (Å²) in [5.74, 6) is -0.618. The Kier molecular flexibility index (Phi) is 7.08. The average Bonchev–Trinajstić information content (AvgIpc) is 2.99. The molecule has 0 aromatic carbocycles. The van der Waals surface area contributed by atoms with Gasteiger partial charge in [0.1, 0.15) is 0 Å². The molecule has 0 aromatic rings. The van der Waals surface area contributed by atoms with Gasteiger partial charge in [-0.2, -0.15) is 0 Å². The van der Waals surface area contributed by atoms with Crippen molar-refractivity contribution in [2.24, 2.45) is 28.6 Å². The van der Waals surface area contributed by atoms with Gasteiger partial charge in [0.05, 0.1) is 22.9 Å². The van der Waals surface area contributed by atoms with E-state index < -0.39 is 47.5 Å². The highest BCUT2D eigenvalue weighted by molar-refractivity contribution is 7.46. The van der Waals surface area contributed by atoms with E-state index in [1.54, 1.807) is 19.9 Å². The number of phosphoric ester groups is 1. The normalized spacial score (nSPS) is 42.7. The number of aliphatic hydroxyl groups is 3. The van der Waals surface area contributed by atoms with Crippen LogP contribution in [0.15, 0.2) is 11.6 Å². The van der Waals surface area contributed by atoms with E-state index in [9.17, 15) is 34.5 Å². The van der Waals surface area contributed by atoms with Gasteiger partial charge >= 0.3 is 7.82 Å². The van der Waals surface area contributed by atoms with Crippen LogP contribution in [-0.2, 0) is 13.9 Å². The summed E-state index contributed by atoms with van der Waals surface area (Å²) in [5.41, 5.74) is -3.14. The zero-order valence-electron chi connectivity index (χ0n) is 22.4. The maximum absolute atomic E-state index is 13.4. The van der Waals surface area contributed by atoms with Gasteiger partial charge in [0, 0.05) is 11.3 Å². The molecule has 0 aromatic heterocycles. The van der Waals surface area contributed by atoms with E-state index in [0.717, 1.165) is 18.4 Å². The number of fused-ring (bicyclic) bond motifs is 5. The molecule has 0 amide bonds. The van der Waals surface area contributed by atoms with Crippen LogP contribution in [-0.4, -0.2) is 53.8 Å². The fourth-order valence-electron chi connectivity index (χ4n) is 8.64. The summed E-state index contributed by atoms with van der Waals surface area (Å²) in [6.07, 6.45) is 6.80. The molecule has 206 valence electrons. The van der Waals surface area contributed by atoms with Crippen LogP contribution >= 0.6 is 7.82 Å². The van der Waals surface area contributed by atoms with Gasteiger partial charge in [-0.05, 0) is 114 Å². The van der Waals surface area contributed by atoms with Gasteiger partial charge in [-0.3, -0.25) is 9.32 Å². The summed E-state index contributed by atoms with van der Waals surface area (Å²) in [7, 11) is -4.63. The Morgan fingerprint density at radius 3 is 2.31 bits per heavy atom. The monoisotopic (exact) mass is 528 g/mol. The SMILES string of the molecule is CC(C)(O)CCC[C@](C)(O)[C@H]1CC[C@@]2(O)C3=CC(=O)[C@H]4C[C@@H](OP(=O)(O)O)CC[C@]4(C)[C@H]3CC[C@]12C. The molecule has 0 saturated heterocycles. The Morgan fingerprint density at radius 1 is 1.03 bits per heavy atom. The lowest BCUT2D eigenvalue weighted by molar-refractivity contribution is -0.150. The Balaban J connectivity index is 1.59. The topological polar surface area (TPSA) is 145 Å². The quantitative estimate of drug-likeness (QED) is 0.312. The molecule has 4 rings (SSSR count). The molecule has 0 spiro atoms. The number of carbonyl (C=O) groups is 1. The number of hydrogen-bond donors (Lipinski definition) is 5. The van der Waals surface area contributed by atoms with E-state index in [2.05, 4.69) is 13.8 Å². The molecular formula is C27H45O8P. The standard InChI is InChI=1S/C27H45O8P/c1-23(2,29)10-6-11-26(5,30)22-9-14-27(31)19-16-21(28)20-15-17(35-36(32,33)34)7-12-24(20,3)18(19)8-13-25(22,27)4/h16-18,20,22,29-31H,6-15H2,1-5H3,(H2,32,33,34)/t17-,18-,20+,22-,24+,25+,26-,27+/m0/s1. The van der Waals surface area contributed by atoms with Crippen LogP contribution < -0.4 is 0 Å². The highest BCUT2D eigenvalue weighted by atomic mass is 31.2. The van der Waals surface area contributed by atoms with E-state index in [0.29, 0.717) is 44.9 Å². The zero-order valence-corrected chi connectivity index (χ0v) is 23.3. The number of allylic oxidation sites excluding steroid dienone is 1. The lowest BCUT2D eigenvalue weighted by Crippen LogP contribution is -2.60. The second-order valence-corrected chi connectivity index (χ2v) is 14.7. The number of phosphoric acid groups is 1. The van der Waals surface area contributed by atoms with Gasteiger partial charge in [0.15, 0.2) is 5.78 Å². The molecule has 0 bridgehead atoms. The highest BCUT2D eigenvalue weighted by Crippen LogP contribution is 2.68. The van der Waals surface area contributed by atoms with Crippen molar-refractivity contribution in [3.8, 4) is 0 Å². The second-order valence-electron chi connectivity index (χ2n) is 13.5. The maximum Gasteiger partial charge on any atom is 0.469 e. The van der Waals surface area contributed by atoms with Gasteiger partial charge in [0.25, 0.3) is 0 Å². The second kappa shape index (κ2) is 8.97. The number of rotatable bonds is 7. The molecule has 0 radical (unpaired) electrons. The van der Waals surface area contributed by atoms with E-state index >= 15 is 0 Å². The Morgan fingerprint density at radius 2 is 1.69 bits per heavy atom. The van der Waals surface area contributed by atoms with Gasteiger partial charge in [-0.1, -0.05) is 13.8 Å². The molecule has 0 unspecified atom stereocenters. The summed E-state index contributed by atoms with van der Waals surface area (Å²) in [5, 5.41) is 34.0. The molecule has 0 heterocycles. The number of carbonyl (C=O) groups excluding carboxylic acids is 1. The van der Waals surface area contributed by atoms with Crippen molar-refractivity contribution in [1.82, 2.24) is 0 Å². The van der Waals surface area contributed by atoms with Crippen molar-refractivity contribution in [3.63, 3.8) is 0 Å². The van der Waals surface area contributed by atoms with Crippen molar-refractivity contribution >= 4 is 13.6 Å². The zero-order chi connectivity index (χ0) is 26.9. The third-order valence-corrected chi connectivity index (χ3v) is 11.1. The summed E-state index contributed by atoms with van der Waals surface area (Å²) in [4.78, 5) is 32.0. The lowest BCUT2D eigenvalue weighted by atomic mass is 9.46. The van der Waals surface area contributed by atoms with Crippen molar-refractivity contribution in [1.29, 1.82) is 0 Å². The molecule has 3 fully saturated rings. The smallest absolute Gasteiger partial charge is 0.390 e. The van der Waals surface area contributed by atoms with Crippen LogP contribution in [0.1, 0.15) is 98.8 Å². The van der Waals surface area contributed by atoms with Crippen LogP contribution in [0.4, 0.5) is 0 Å². The highest BCUT2D eigenvalue weighted by Gasteiger charge is 2.68. The first-order valence-corrected chi connectivity index (χ1v) is 15.0. The molecular weight excluding hydrogens is 483 g/mol. The summed E-state index contributed by atoms with van der Waals surface area (Å²) >= 11 is 0. The van der Waals surface area contributed by atoms with E-state index in [1.165, 1.54) is 0 Å². The number of hydrogen-bond acceptors (Lipinski definition) is 6. The van der Waals surface area contributed by atoms with E-state index in [-0.39, 0.29) is 24.0 Å². The predicted molar refractivity (Wildman–Crippen MR) is 135 cm³/mol. The van der Waals surface area contributed by atoms with Crippen molar-refractivity contribution in [2.45, 2.75) is 122 Å². The largest absolute Gasteiger partial charge is 0.469 e. The molecule has 5 N–H and O–H groups in total. The maximum atomic E-state index is 13.4. The first-order valence-electron chi connectivity index (χ1n) is 13.5. The van der Waals surface area contributed by atoms with E-state index in [4.69, 9.17) is 4.52 Å². The lowest BCUT2D eigenvalue weighted by Gasteiger charge is -2.60. The minimum Gasteiger partial charge on any atom is -0.390 e. The summed E-state index contributed by atoms with van der Waals surface area (Å²) < 4.78 is 16.4. The summed E-state index contributed by atoms with van der Waals surface area (Å²) in [6.45, 7) is 9.54. The molecule has 4 aliphatic rings. The van der Waals surface area contributed by atoms with Crippen LogP contribution in [0.5, 0.6) is 0 Å². The molecule has 0 aliphatic heterocycles. The fourth-order valence-corrected chi connectivity index (χ4v) is 9.22. The molecule has 8 atom stereocenters. The van der Waals surface area contributed by atoms with Crippen molar-refractivity contribution < 1.29 is 39.0 Å². The fraction of sp³-hybridized carbons (Fsp3) is 0.889. The third kappa shape index (κ3) is 4.81. The Labute approximate surface area is 214 Å². The van der Waals surface area contributed by atoms with Gasteiger partial charge < -0.3 is 25.1 Å². The Hall–Kier alpha value is -0.600. The van der Waals surface area contributed by atoms with E-state index in [1.807, 2.05) is 6.92 Å². The van der Waals surface area contributed by atoms with Gasteiger partial charge in [-0.15, -0.1) is 0 Å². The van der Waals surface area contributed by atoms with Crippen molar-refractivity contribution in [3.05, 3.63) is 11.6 Å². The van der Waals surface area contributed by atoms with Gasteiger partial charge in [0.2, 0.25) is 0 Å².